The number of benzene rings is 3. The number of thiazole rings is 1. The molecule has 1 aliphatic rings. The minimum absolute atomic E-state index is 0.103. The van der Waals surface area contributed by atoms with Gasteiger partial charge >= 0.3 is 17.9 Å². The standard InChI is InChI=1S/C40H43N3O7S/c1-5-10-27-13-15-28(16-14-27)30-19-22-35(31(23-30)24-41-43(4)40-42-34-11-8-9-12-36(34)51-40)50-39(46)29-17-20-32(21-18-29)47-25-33(49-38(45)7-3)26-48-37(44)6-2/h6-9,11-12,17-24,27-28,33H,2-3,5,10,13-16,25-26H2,1,4H3/b41-24+. The van der Waals surface area contributed by atoms with Crippen molar-refractivity contribution in [1.82, 2.24) is 4.98 Å². The van der Waals surface area contributed by atoms with Gasteiger partial charge in [0.25, 0.3) is 0 Å². The predicted molar refractivity (Wildman–Crippen MR) is 200 cm³/mol. The smallest absolute Gasteiger partial charge is 0.343 e. The first-order valence-corrected chi connectivity index (χ1v) is 17.9. The van der Waals surface area contributed by atoms with E-state index >= 15 is 0 Å². The molecule has 0 radical (unpaired) electrons. The topological polar surface area (TPSA) is 117 Å². The van der Waals surface area contributed by atoms with E-state index in [9.17, 15) is 14.4 Å². The molecule has 1 aliphatic carbocycles. The molecule has 0 saturated heterocycles. The van der Waals surface area contributed by atoms with Crippen molar-refractivity contribution < 1.29 is 33.3 Å². The number of ether oxygens (including phenoxy) is 4. The largest absolute Gasteiger partial charge is 0.490 e. The van der Waals surface area contributed by atoms with Crippen LogP contribution in [0.25, 0.3) is 10.2 Å². The van der Waals surface area contributed by atoms with Crippen molar-refractivity contribution in [2.75, 3.05) is 25.3 Å². The molecule has 1 atom stereocenters. The number of hydrazone groups is 1. The van der Waals surface area contributed by atoms with Crippen molar-refractivity contribution in [2.24, 2.45) is 11.0 Å². The molecule has 0 bridgehead atoms. The summed E-state index contributed by atoms with van der Waals surface area (Å²) in [6.45, 7) is 8.65. The molecule has 1 unspecified atom stereocenters. The van der Waals surface area contributed by atoms with E-state index in [0.717, 1.165) is 46.3 Å². The summed E-state index contributed by atoms with van der Waals surface area (Å²) in [5.74, 6) is 0.158. The Hall–Kier alpha value is -5.29. The Morgan fingerprint density at radius 1 is 0.980 bits per heavy atom. The van der Waals surface area contributed by atoms with Gasteiger partial charge in [-0.2, -0.15) is 5.10 Å². The monoisotopic (exact) mass is 709 g/mol. The molecular formula is C40H43N3O7S. The van der Waals surface area contributed by atoms with Crippen LogP contribution in [0.1, 0.15) is 72.9 Å². The van der Waals surface area contributed by atoms with Crippen LogP contribution >= 0.6 is 11.3 Å². The second-order valence-corrected chi connectivity index (χ2v) is 13.4. The average Bonchev–Trinajstić information content (AvgIpc) is 3.60. The summed E-state index contributed by atoms with van der Waals surface area (Å²) in [6, 6.07) is 20.3. The maximum atomic E-state index is 13.4. The van der Waals surface area contributed by atoms with Crippen molar-refractivity contribution >= 4 is 50.8 Å². The first-order chi connectivity index (χ1) is 24.8. The maximum absolute atomic E-state index is 13.4. The molecule has 0 N–H and O–H groups in total. The zero-order valence-corrected chi connectivity index (χ0v) is 29.8. The normalized spacial score (nSPS) is 16.3. The van der Waals surface area contributed by atoms with Gasteiger partial charge in [0, 0.05) is 24.8 Å². The van der Waals surface area contributed by atoms with E-state index in [1.807, 2.05) is 37.4 Å². The summed E-state index contributed by atoms with van der Waals surface area (Å²) < 4.78 is 23.0. The van der Waals surface area contributed by atoms with Crippen LogP contribution in [0.3, 0.4) is 0 Å². The molecule has 0 spiro atoms. The van der Waals surface area contributed by atoms with Crippen LogP contribution in [-0.4, -0.2) is 55.5 Å². The molecule has 11 heteroatoms. The third-order valence-corrected chi connectivity index (χ3v) is 9.84. The highest BCUT2D eigenvalue weighted by molar-refractivity contribution is 7.22. The SMILES string of the molecule is C=CC(=O)OCC(COc1ccc(C(=O)Oc2ccc(C3CCC(CCC)CC3)cc2/C=N/N(C)c2nc3ccccc3s2)cc1)OC(=O)C=C. The van der Waals surface area contributed by atoms with Crippen molar-refractivity contribution in [2.45, 2.75) is 57.5 Å². The number of rotatable bonds is 16. The number of nitrogens with zero attached hydrogens (tertiary/aromatic N) is 3. The number of esters is 3. The van der Waals surface area contributed by atoms with Gasteiger partial charge in [-0.3, -0.25) is 0 Å². The Labute approximate surface area is 302 Å². The van der Waals surface area contributed by atoms with Gasteiger partial charge in [0.15, 0.2) is 6.10 Å². The summed E-state index contributed by atoms with van der Waals surface area (Å²) in [5.41, 5.74) is 3.13. The minimum Gasteiger partial charge on any atom is -0.490 e. The van der Waals surface area contributed by atoms with E-state index in [2.05, 4.69) is 32.2 Å². The van der Waals surface area contributed by atoms with Crippen molar-refractivity contribution in [3.05, 3.63) is 109 Å². The summed E-state index contributed by atoms with van der Waals surface area (Å²) in [5, 5.41) is 7.18. The first kappa shape index (κ1) is 37.0. The summed E-state index contributed by atoms with van der Waals surface area (Å²) in [4.78, 5) is 41.3. The fraction of sp³-hybridized carbons (Fsp3) is 0.325. The van der Waals surface area contributed by atoms with Crippen LogP contribution < -0.4 is 14.5 Å². The summed E-state index contributed by atoms with van der Waals surface area (Å²) in [7, 11) is 1.85. The lowest BCUT2D eigenvalue weighted by Crippen LogP contribution is -2.30. The van der Waals surface area contributed by atoms with Crippen molar-refractivity contribution in [3.63, 3.8) is 0 Å². The number of anilines is 1. The van der Waals surface area contributed by atoms with Crippen LogP contribution in [0.4, 0.5) is 5.13 Å². The lowest BCUT2D eigenvalue weighted by atomic mass is 9.77. The lowest BCUT2D eigenvalue weighted by Gasteiger charge is -2.29. The number of carbonyl (C=O) groups excluding carboxylic acids is 3. The van der Waals surface area contributed by atoms with E-state index in [1.54, 1.807) is 46.8 Å². The van der Waals surface area contributed by atoms with Gasteiger partial charge in [-0.15, -0.1) is 0 Å². The fourth-order valence-corrected chi connectivity index (χ4v) is 6.89. The number of hydrogen-bond acceptors (Lipinski definition) is 11. The number of para-hydroxylation sites is 1. The van der Waals surface area contributed by atoms with Crippen molar-refractivity contribution in [1.29, 1.82) is 0 Å². The third kappa shape index (κ3) is 10.4. The molecule has 4 aromatic rings. The highest BCUT2D eigenvalue weighted by Gasteiger charge is 2.23. The van der Waals surface area contributed by atoms with Gasteiger partial charge in [-0.25, -0.2) is 24.4 Å². The lowest BCUT2D eigenvalue weighted by molar-refractivity contribution is -0.154. The highest BCUT2D eigenvalue weighted by atomic mass is 32.1. The molecule has 1 heterocycles. The second-order valence-electron chi connectivity index (χ2n) is 12.4. The Balaban J connectivity index is 1.29. The molecule has 266 valence electrons. The summed E-state index contributed by atoms with van der Waals surface area (Å²) >= 11 is 1.55. The molecular weight excluding hydrogens is 667 g/mol. The van der Waals surface area contributed by atoms with Crippen LogP contribution in [0.15, 0.2) is 97.1 Å². The molecule has 1 aromatic heterocycles. The van der Waals surface area contributed by atoms with Crippen LogP contribution in [0, 0.1) is 5.92 Å². The number of carbonyl (C=O) groups is 3. The molecule has 3 aromatic carbocycles. The maximum Gasteiger partial charge on any atom is 0.343 e. The van der Waals surface area contributed by atoms with Crippen molar-refractivity contribution in [3.8, 4) is 11.5 Å². The zero-order chi connectivity index (χ0) is 36.2. The van der Waals surface area contributed by atoms with Crippen LogP contribution in [0.5, 0.6) is 11.5 Å². The van der Waals surface area contributed by atoms with E-state index in [4.69, 9.17) is 29.0 Å². The quantitative estimate of drug-likeness (QED) is 0.0373. The molecule has 1 saturated carbocycles. The van der Waals surface area contributed by atoms with Gasteiger partial charge in [0.1, 0.15) is 24.7 Å². The van der Waals surface area contributed by atoms with Gasteiger partial charge in [-0.05, 0) is 91.6 Å². The van der Waals surface area contributed by atoms with Crippen LogP contribution in [-0.2, 0) is 19.1 Å². The van der Waals surface area contributed by atoms with Crippen LogP contribution in [0.2, 0.25) is 0 Å². The van der Waals surface area contributed by atoms with Gasteiger partial charge < -0.3 is 18.9 Å². The average molecular weight is 710 g/mol. The molecule has 10 nitrogen and oxygen atoms in total. The highest BCUT2D eigenvalue weighted by Crippen LogP contribution is 2.39. The number of fused-ring (bicyclic) bond motifs is 1. The molecule has 0 amide bonds. The van der Waals surface area contributed by atoms with Gasteiger partial charge in [0.05, 0.1) is 22.0 Å². The zero-order valence-electron chi connectivity index (χ0n) is 29.0. The Morgan fingerprint density at radius 2 is 1.73 bits per heavy atom. The van der Waals surface area contributed by atoms with Gasteiger partial charge in [0.2, 0.25) is 5.13 Å². The molecule has 0 aliphatic heterocycles. The minimum atomic E-state index is -0.882. The van der Waals surface area contributed by atoms with E-state index in [1.165, 1.54) is 31.2 Å². The Kier molecular flexibility index (Phi) is 13.1. The molecule has 1 fully saturated rings. The Bertz CT molecular complexity index is 1830. The molecule has 51 heavy (non-hydrogen) atoms. The number of aromatic nitrogens is 1. The van der Waals surface area contributed by atoms with E-state index < -0.39 is 24.0 Å². The molecule has 5 rings (SSSR count). The van der Waals surface area contributed by atoms with E-state index in [-0.39, 0.29) is 13.2 Å². The first-order valence-electron chi connectivity index (χ1n) is 17.1. The third-order valence-electron chi connectivity index (χ3n) is 8.73. The fourth-order valence-electron chi connectivity index (χ4n) is 6.00. The second kappa shape index (κ2) is 18.1. The number of hydrogen-bond donors (Lipinski definition) is 0. The summed E-state index contributed by atoms with van der Waals surface area (Å²) in [6.07, 6.45) is 10.1. The Morgan fingerprint density at radius 3 is 2.43 bits per heavy atom. The van der Waals surface area contributed by atoms with E-state index in [0.29, 0.717) is 28.5 Å². The predicted octanol–water partition coefficient (Wildman–Crippen LogP) is 8.27. The van der Waals surface area contributed by atoms with Gasteiger partial charge in [-0.1, -0.05) is 62.5 Å².